The van der Waals surface area contributed by atoms with Gasteiger partial charge in [0.05, 0.1) is 19.3 Å². The van der Waals surface area contributed by atoms with Crippen LogP contribution in [0.25, 0.3) is 0 Å². The first kappa shape index (κ1) is 20.9. The molecule has 2 N–H and O–H groups in total. The van der Waals surface area contributed by atoms with Crippen LogP contribution in [-0.2, 0) is 30.9 Å². The molecule has 0 atom stereocenters. The van der Waals surface area contributed by atoms with Crippen LogP contribution in [0, 0.1) is 0 Å². The molecule has 0 aliphatic carbocycles. The Labute approximate surface area is 162 Å². The minimum Gasteiger partial charge on any atom is -0.374 e. The fourth-order valence-electron chi connectivity index (χ4n) is 2.55. The van der Waals surface area contributed by atoms with E-state index in [0.717, 1.165) is 37.8 Å². The number of nitrogens with one attached hydrogen (secondary N) is 2. The molecular weight excluding hydrogens is 340 g/mol. The van der Waals surface area contributed by atoms with Crippen molar-refractivity contribution in [2.45, 2.75) is 59.9 Å². The maximum Gasteiger partial charge on any atom is 0.191 e. The number of rotatable bonds is 10. The van der Waals surface area contributed by atoms with Gasteiger partial charge in [0, 0.05) is 26.1 Å². The van der Waals surface area contributed by atoms with Crippen LogP contribution >= 0.6 is 0 Å². The lowest BCUT2D eigenvalue weighted by molar-refractivity contribution is 0.0657. The molecule has 7 heteroatoms. The van der Waals surface area contributed by atoms with Gasteiger partial charge in [0.2, 0.25) is 0 Å². The van der Waals surface area contributed by atoms with Crippen molar-refractivity contribution in [2.75, 3.05) is 13.1 Å². The molecule has 0 aliphatic heterocycles. The second-order valence-corrected chi connectivity index (χ2v) is 6.59. The molecule has 0 unspecified atom stereocenters. The molecule has 1 heterocycles. The molecule has 148 valence electrons. The first-order valence-corrected chi connectivity index (χ1v) is 9.70. The normalized spacial score (nSPS) is 11.8. The van der Waals surface area contributed by atoms with Crippen molar-refractivity contribution >= 4 is 5.96 Å². The Morgan fingerprint density at radius 2 is 1.89 bits per heavy atom. The lowest BCUT2D eigenvalue weighted by Crippen LogP contribution is -2.38. The number of benzene rings is 1. The summed E-state index contributed by atoms with van der Waals surface area (Å²) in [7, 11) is 0. The van der Waals surface area contributed by atoms with Crippen LogP contribution in [0.5, 0.6) is 0 Å². The summed E-state index contributed by atoms with van der Waals surface area (Å²) in [4.78, 5) is 4.67. The largest absolute Gasteiger partial charge is 0.374 e. The molecule has 0 spiro atoms. The van der Waals surface area contributed by atoms with E-state index in [1.54, 1.807) is 6.33 Å². The fraction of sp³-hybridized carbons (Fsp3) is 0.550. The molecular formula is C20H32N6O. The van der Waals surface area contributed by atoms with Gasteiger partial charge in [-0.15, -0.1) is 10.2 Å². The number of ether oxygens (including phenoxy) is 1. The van der Waals surface area contributed by atoms with Gasteiger partial charge in [-0.25, -0.2) is 4.99 Å². The Kier molecular flexibility index (Phi) is 8.77. The number of hydrogen-bond donors (Lipinski definition) is 2. The van der Waals surface area contributed by atoms with Gasteiger partial charge in [-0.05, 0) is 31.9 Å². The average Bonchev–Trinajstić information content (AvgIpc) is 3.12. The highest BCUT2D eigenvalue weighted by molar-refractivity contribution is 5.79. The number of guanidine groups is 1. The fourth-order valence-corrected chi connectivity index (χ4v) is 2.55. The predicted molar refractivity (Wildman–Crippen MR) is 109 cm³/mol. The zero-order chi connectivity index (χ0) is 19.5. The van der Waals surface area contributed by atoms with E-state index in [2.05, 4.69) is 68.5 Å². The molecule has 2 aromatic rings. The second kappa shape index (κ2) is 11.3. The lowest BCUT2D eigenvalue weighted by atomic mass is 10.1. The molecule has 0 aliphatic rings. The second-order valence-electron chi connectivity index (χ2n) is 6.59. The molecule has 7 nitrogen and oxygen atoms in total. The first-order valence-electron chi connectivity index (χ1n) is 9.70. The van der Waals surface area contributed by atoms with Gasteiger partial charge in [-0.3, -0.25) is 0 Å². The van der Waals surface area contributed by atoms with Gasteiger partial charge in [0.1, 0.15) is 12.2 Å². The molecule has 0 bridgehead atoms. The van der Waals surface area contributed by atoms with Crippen molar-refractivity contribution in [2.24, 2.45) is 4.99 Å². The number of aromatic nitrogens is 3. The van der Waals surface area contributed by atoms with Gasteiger partial charge in [0.15, 0.2) is 5.96 Å². The van der Waals surface area contributed by atoms with Gasteiger partial charge >= 0.3 is 0 Å². The Hall–Kier alpha value is -2.41. The van der Waals surface area contributed by atoms with E-state index >= 15 is 0 Å². The summed E-state index contributed by atoms with van der Waals surface area (Å²) in [6, 6.07) is 8.42. The van der Waals surface area contributed by atoms with Gasteiger partial charge in [-0.2, -0.15) is 0 Å². The zero-order valence-corrected chi connectivity index (χ0v) is 16.9. The first-order chi connectivity index (χ1) is 13.1. The molecule has 2 rings (SSSR count). The number of nitrogens with zero attached hydrogens (tertiary/aromatic N) is 4. The topological polar surface area (TPSA) is 76.4 Å². The van der Waals surface area contributed by atoms with E-state index < -0.39 is 0 Å². The maximum absolute atomic E-state index is 5.63. The summed E-state index contributed by atoms with van der Waals surface area (Å²) in [6.45, 7) is 11.9. The van der Waals surface area contributed by atoms with Gasteiger partial charge in [0.25, 0.3) is 0 Å². The minimum absolute atomic E-state index is 0.245. The predicted octanol–water partition coefficient (Wildman–Crippen LogP) is 2.52. The van der Waals surface area contributed by atoms with E-state index in [-0.39, 0.29) is 6.10 Å². The van der Waals surface area contributed by atoms with Crippen LogP contribution in [-0.4, -0.2) is 39.9 Å². The standard InChI is InChI=1S/C20H32N6O/c1-5-19-25-24-15-26(19)12-11-22-20(21-6-2)23-13-17-7-9-18(10-8-17)14-27-16(3)4/h7-10,15-16H,5-6,11-14H2,1-4H3,(H2,21,22,23). The van der Waals surface area contributed by atoms with E-state index in [4.69, 9.17) is 4.74 Å². The van der Waals surface area contributed by atoms with Crippen molar-refractivity contribution in [1.29, 1.82) is 0 Å². The van der Waals surface area contributed by atoms with Crippen molar-refractivity contribution in [3.8, 4) is 0 Å². The van der Waals surface area contributed by atoms with Crippen LogP contribution in [0.3, 0.4) is 0 Å². The monoisotopic (exact) mass is 372 g/mol. The molecule has 0 amide bonds. The third-order valence-electron chi connectivity index (χ3n) is 4.03. The van der Waals surface area contributed by atoms with Crippen LogP contribution < -0.4 is 10.6 Å². The quantitative estimate of drug-likeness (QED) is 0.495. The highest BCUT2D eigenvalue weighted by Gasteiger charge is 2.03. The summed E-state index contributed by atoms with van der Waals surface area (Å²) in [6.07, 6.45) is 2.90. The zero-order valence-electron chi connectivity index (χ0n) is 16.9. The van der Waals surface area contributed by atoms with E-state index in [1.165, 1.54) is 11.1 Å². The maximum atomic E-state index is 5.63. The van der Waals surface area contributed by atoms with Gasteiger partial charge < -0.3 is 19.9 Å². The molecule has 27 heavy (non-hydrogen) atoms. The molecule has 0 saturated heterocycles. The van der Waals surface area contributed by atoms with Crippen LogP contribution in [0.1, 0.15) is 44.6 Å². The summed E-state index contributed by atoms with van der Waals surface area (Å²) in [5.74, 6) is 1.82. The summed E-state index contributed by atoms with van der Waals surface area (Å²) < 4.78 is 7.69. The molecule has 1 aromatic carbocycles. The van der Waals surface area contributed by atoms with Crippen molar-refractivity contribution < 1.29 is 4.74 Å². The van der Waals surface area contributed by atoms with Crippen LogP contribution in [0.2, 0.25) is 0 Å². The minimum atomic E-state index is 0.245. The summed E-state index contributed by atoms with van der Waals surface area (Å²) in [5.41, 5.74) is 2.36. The van der Waals surface area contributed by atoms with Crippen molar-refractivity contribution in [1.82, 2.24) is 25.4 Å². The third kappa shape index (κ3) is 7.38. The van der Waals surface area contributed by atoms with Crippen LogP contribution in [0.15, 0.2) is 35.6 Å². The lowest BCUT2D eigenvalue weighted by Gasteiger charge is -2.12. The van der Waals surface area contributed by atoms with E-state index in [0.29, 0.717) is 13.2 Å². The van der Waals surface area contributed by atoms with Crippen LogP contribution in [0.4, 0.5) is 0 Å². The summed E-state index contributed by atoms with van der Waals surface area (Å²) >= 11 is 0. The van der Waals surface area contributed by atoms with Crippen molar-refractivity contribution in [3.05, 3.63) is 47.5 Å². The molecule has 0 radical (unpaired) electrons. The average molecular weight is 373 g/mol. The highest BCUT2D eigenvalue weighted by Crippen LogP contribution is 2.08. The SMILES string of the molecule is CCNC(=NCc1ccc(COC(C)C)cc1)NCCn1cnnc1CC. The van der Waals surface area contributed by atoms with E-state index in [1.807, 2.05) is 13.8 Å². The number of aryl methyl sites for hydroxylation is 1. The summed E-state index contributed by atoms with van der Waals surface area (Å²) in [5, 5.41) is 14.7. The van der Waals surface area contributed by atoms with Crippen molar-refractivity contribution in [3.63, 3.8) is 0 Å². The Bertz CT molecular complexity index is 693. The third-order valence-corrected chi connectivity index (χ3v) is 4.03. The molecule has 1 aromatic heterocycles. The Morgan fingerprint density at radius 1 is 1.15 bits per heavy atom. The Balaban J connectivity index is 1.85. The highest BCUT2D eigenvalue weighted by atomic mass is 16.5. The van der Waals surface area contributed by atoms with Gasteiger partial charge in [-0.1, -0.05) is 31.2 Å². The Morgan fingerprint density at radius 3 is 2.56 bits per heavy atom. The number of hydrogen-bond acceptors (Lipinski definition) is 4. The van der Waals surface area contributed by atoms with E-state index in [9.17, 15) is 0 Å². The molecule has 0 fully saturated rings. The number of aliphatic imine (C=N–C) groups is 1. The molecule has 0 saturated carbocycles. The smallest absolute Gasteiger partial charge is 0.191 e.